The fraction of sp³-hybridized carbons (Fsp3) is 0.360. The van der Waals surface area contributed by atoms with Crippen molar-refractivity contribution in [2.75, 3.05) is 51.3 Å². The number of hydrogen-bond donors (Lipinski definition) is 2. The Hall–Kier alpha value is -3.34. The number of methoxy groups -OCH3 is 1. The summed E-state index contributed by atoms with van der Waals surface area (Å²) in [5.74, 6) is -0.328. The van der Waals surface area contributed by atoms with Gasteiger partial charge in [0.1, 0.15) is 6.54 Å². The normalized spacial score (nSPS) is 13.6. The summed E-state index contributed by atoms with van der Waals surface area (Å²) in [6.45, 7) is 3.42. The lowest BCUT2D eigenvalue weighted by molar-refractivity contribution is -0.121. The number of piperazine rings is 1. The first-order chi connectivity index (χ1) is 17.9. The van der Waals surface area contributed by atoms with Crippen LogP contribution in [0.2, 0.25) is 10.0 Å². The van der Waals surface area contributed by atoms with E-state index in [2.05, 4.69) is 20.5 Å². The van der Waals surface area contributed by atoms with Gasteiger partial charge in [-0.05, 0) is 35.9 Å². The van der Waals surface area contributed by atoms with Gasteiger partial charge in [-0.25, -0.2) is 9.78 Å². The van der Waals surface area contributed by atoms with Crippen molar-refractivity contribution in [1.82, 2.24) is 25.1 Å². The SMILES string of the molecule is COCCNC(=O)N1CCN(c2ccc3ncn(CC(=O)NCc4ccc(Cl)c(Cl)c4)c(=O)c3c2)CC1. The van der Waals surface area contributed by atoms with Crippen molar-refractivity contribution in [3.05, 3.63) is 68.7 Å². The van der Waals surface area contributed by atoms with Crippen LogP contribution in [-0.4, -0.2) is 72.8 Å². The molecule has 2 N–H and O–H groups in total. The number of halogens is 2. The summed E-state index contributed by atoms with van der Waals surface area (Å²) in [5, 5.41) is 6.89. The highest BCUT2D eigenvalue weighted by Crippen LogP contribution is 2.23. The van der Waals surface area contributed by atoms with Crippen molar-refractivity contribution in [2.45, 2.75) is 13.1 Å². The number of rotatable bonds is 8. The second kappa shape index (κ2) is 12.3. The average molecular weight is 547 g/mol. The van der Waals surface area contributed by atoms with Crippen molar-refractivity contribution < 1.29 is 14.3 Å². The van der Waals surface area contributed by atoms with E-state index in [-0.39, 0.29) is 30.6 Å². The molecule has 37 heavy (non-hydrogen) atoms. The number of carbonyl (C=O) groups excluding carboxylic acids is 2. The number of carbonyl (C=O) groups is 2. The van der Waals surface area contributed by atoms with Gasteiger partial charge < -0.3 is 25.2 Å². The maximum Gasteiger partial charge on any atom is 0.317 e. The maximum atomic E-state index is 13.1. The Kier molecular flexibility index (Phi) is 8.86. The number of ether oxygens (including phenoxy) is 1. The van der Waals surface area contributed by atoms with E-state index >= 15 is 0 Å². The molecule has 4 rings (SSSR count). The summed E-state index contributed by atoms with van der Waals surface area (Å²) in [5.41, 5.74) is 1.92. The molecule has 12 heteroatoms. The third-order valence-corrected chi connectivity index (χ3v) is 6.85. The zero-order chi connectivity index (χ0) is 26.4. The molecular formula is C25H28Cl2N6O4. The predicted molar refractivity (Wildman–Crippen MR) is 143 cm³/mol. The fourth-order valence-electron chi connectivity index (χ4n) is 4.06. The van der Waals surface area contributed by atoms with Crippen LogP contribution >= 0.6 is 23.2 Å². The van der Waals surface area contributed by atoms with Crippen LogP contribution in [0.4, 0.5) is 10.5 Å². The first-order valence-electron chi connectivity index (χ1n) is 11.8. The predicted octanol–water partition coefficient (Wildman–Crippen LogP) is 2.50. The van der Waals surface area contributed by atoms with Gasteiger partial charge in [-0.15, -0.1) is 0 Å². The average Bonchev–Trinajstić information content (AvgIpc) is 2.91. The number of urea groups is 1. The summed E-state index contributed by atoms with van der Waals surface area (Å²) in [4.78, 5) is 46.1. The number of anilines is 1. The molecule has 0 saturated carbocycles. The number of hydrogen-bond acceptors (Lipinski definition) is 6. The van der Waals surface area contributed by atoms with Crippen LogP contribution in [0.3, 0.4) is 0 Å². The van der Waals surface area contributed by atoms with E-state index in [9.17, 15) is 14.4 Å². The van der Waals surface area contributed by atoms with E-state index in [0.717, 1.165) is 11.3 Å². The smallest absolute Gasteiger partial charge is 0.317 e. The standard InChI is InChI=1S/C25H28Cl2N6O4/c1-37-11-6-28-25(36)32-9-7-31(8-10-32)18-3-5-22-19(13-18)24(35)33(16-30-22)15-23(34)29-14-17-2-4-20(26)21(27)12-17/h2-5,12-13,16H,6-11,14-15H2,1H3,(H,28,36)(H,29,34). The van der Waals surface area contributed by atoms with Crippen LogP contribution < -0.4 is 21.1 Å². The first kappa shape index (κ1) is 26.7. The van der Waals surface area contributed by atoms with Gasteiger partial charge in [0.25, 0.3) is 5.56 Å². The molecule has 0 atom stereocenters. The number of amides is 3. The molecule has 10 nitrogen and oxygen atoms in total. The van der Waals surface area contributed by atoms with Crippen molar-refractivity contribution >= 4 is 51.7 Å². The van der Waals surface area contributed by atoms with Gasteiger partial charge in [-0.2, -0.15) is 0 Å². The molecule has 0 bridgehead atoms. The molecule has 1 aromatic heterocycles. The summed E-state index contributed by atoms with van der Waals surface area (Å²) in [7, 11) is 1.59. The van der Waals surface area contributed by atoms with E-state index in [1.807, 2.05) is 6.07 Å². The molecule has 0 radical (unpaired) electrons. The maximum absolute atomic E-state index is 13.1. The van der Waals surface area contributed by atoms with Crippen LogP contribution in [0, 0.1) is 0 Å². The van der Waals surface area contributed by atoms with E-state index < -0.39 is 0 Å². The number of aromatic nitrogens is 2. The second-order valence-electron chi connectivity index (χ2n) is 8.60. The topological polar surface area (TPSA) is 109 Å². The van der Waals surface area contributed by atoms with E-state index in [1.54, 1.807) is 42.3 Å². The molecule has 1 aliphatic heterocycles. The van der Waals surface area contributed by atoms with Gasteiger partial charge in [0, 0.05) is 52.1 Å². The lowest BCUT2D eigenvalue weighted by atomic mass is 10.2. The first-order valence-corrected chi connectivity index (χ1v) is 12.6. The quantitative estimate of drug-likeness (QED) is 0.420. The van der Waals surface area contributed by atoms with Gasteiger partial charge in [0.05, 0.1) is 33.9 Å². The Morgan fingerprint density at radius 3 is 2.54 bits per heavy atom. The summed E-state index contributed by atoms with van der Waals surface area (Å²) in [6, 6.07) is 10.5. The molecule has 1 aliphatic rings. The number of nitrogens with one attached hydrogen (secondary N) is 2. The zero-order valence-corrected chi connectivity index (χ0v) is 21.9. The number of nitrogens with zero attached hydrogens (tertiary/aromatic N) is 4. The summed E-state index contributed by atoms with van der Waals surface area (Å²) in [6.07, 6.45) is 1.38. The largest absolute Gasteiger partial charge is 0.383 e. The Labute approximate surface area is 224 Å². The molecule has 2 aromatic carbocycles. The highest BCUT2D eigenvalue weighted by Gasteiger charge is 2.21. The summed E-state index contributed by atoms with van der Waals surface area (Å²) < 4.78 is 6.25. The van der Waals surface area contributed by atoms with Crippen LogP contribution in [0.5, 0.6) is 0 Å². The summed E-state index contributed by atoms with van der Waals surface area (Å²) >= 11 is 11.9. The van der Waals surface area contributed by atoms with Crippen molar-refractivity contribution in [3.63, 3.8) is 0 Å². The number of fused-ring (bicyclic) bond motifs is 1. The van der Waals surface area contributed by atoms with Gasteiger partial charge in [0.15, 0.2) is 0 Å². The van der Waals surface area contributed by atoms with Crippen molar-refractivity contribution in [2.24, 2.45) is 0 Å². The Morgan fingerprint density at radius 1 is 1.03 bits per heavy atom. The monoisotopic (exact) mass is 546 g/mol. The number of benzene rings is 2. The molecule has 1 saturated heterocycles. The molecule has 2 heterocycles. The molecule has 196 valence electrons. The second-order valence-corrected chi connectivity index (χ2v) is 9.42. The highest BCUT2D eigenvalue weighted by atomic mass is 35.5. The van der Waals surface area contributed by atoms with Crippen LogP contribution in [0.25, 0.3) is 10.9 Å². The van der Waals surface area contributed by atoms with Crippen molar-refractivity contribution in [3.8, 4) is 0 Å². The van der Waals surface area contributed by atoms with Gasteiger partial charge in [-0.1, -0.05) is 29.3 Å². The highest BCUT2D eigenvalue weighted by molar-refractivity contribution is 6.42. The lowest BCUT2D eigenvalue weighted by Crippen LogP contribution is -2.52. The third kappa shape index (κ3) is 6.71. The Bertz CT molecular complexity index is 1340. The molecule has 3 aromatic rings. The van der Waals surface area contributed by atoms with Crippen LogP contribution in [-0.2, 0) is 22.6 Å². The minimum Gasteiger partial charge on any atom is -0.383 e. The van der Waals surface area contributed by atoms with E-state index in [4.69, 9.17) is 27.9 Å². The van der Waals surface area contributed by atoms with E-state index in [0.29, 0.717) is 60.3 Å². The van der Waals surface area contributed by atoms with Crippen LogP contribution in [0.15, 0.2) is 47.5 Å². The minimum atomic E-state index is -0.328. The fourth-order valence-corrected chi connectivity index (χ4v) is 4.38. The Balaban J connectivity index is 1.39. The molecular weight excluding hydrogens is 519 g/mol. The van der Waals surface area contributed by atoms with Gasteiger partial charge in [-0.3, -0.25) is 14.2 Å². The molecule has 3 amide bonds. The van der Waals surface area contributed by atoms with Gasteiger partial charge >= 0.3 is 6.03 Å². The third-order valence-electron chi connectivity index (χ3n) is 6.11. The zero-order valence-electron chi connectivity index (χ0n) is 20.4. The minimum absolute atomic E-state index is 0.111. The molecule has 0 aliphatic carbocycles. The molecule has 0 unspecified atom stereocenters. The molecule has 0 spiro atoms. The lowest BCUT2D eigenvalue weighted by Gasteiger charge is -2.36. The van der Waals surface area contributed by atoms with Gasteiger partial charge in [0.2, 0.25) is 5.91 Å². The van der Waals surface area contributed by atoms with Crippen LogP contribution in [0.1, 0.15) is 5.56 Å². The Morgan fingerprint density at radius 2 is 1.81 bits per heavy atom. The molecule has 1 fully saturated rings. The van der Waals surface area contributed by atoms with Crippen molar-refractivity contribution in [1.29, 1.82) is 0 Å². The van der Waals surface area contributed by atoms with E-state index in [1.165, 1.54) is 10.9 Å².